The predicted octanol–water partition coefficient (Wildman–Crippen LogP) is 1.63. The van der Waals surface area contributed by atoms with Crippen molar-refractivity contribution < 1.29 is 9.47 Å². The number of rotatable bonds is 3. The van der Waals surface area contributed by atoms with Gasteiger partial charge < -0.3 is 15.2 Å². The van der Waals surface area contributed by atoms with Gasteiger partial charge in [0.2, 0.25) is 0 Å². The zero-order valence-corrected chi connectivity index (χ0v) is 12.7. The third-order valence-corrected chi connectivity index (χ3v) is 4.73. The zero-order chi connectivity index (χ0) is 13.9. The van der Waals surface area contributed by atoms with Crippen molar-refractivity contribution in [3.8, 4) is 0 Å². The van der Waals surface area contributed by atoms with Gasteiger partial charge in [-0.2, -0.15) is 0 Å². The molecule has 2 aliphatic heterocycles. The molecule has 3 unspecified atom stereocenters. The molecule has 2 saturated heterocycles. The third-order valence-electron chi connectivity index (χ3n) is 4.73. The van der Waals surface area contributed by atoms with Gasteiger partial charge in [-0.05, 0) is 32.1 Å². The minimum absolute atomic E-state index is 0.120. The summed E-state index contributed by atoms with van der Waals surface area (Å²) < 4.78 is 11.7. The summed E-state index contributed by atoms with van der Waals surface area (Å²) in [6.45, 7) is 11.2. The van der Waals surface area contributed by atoms with E-state index in [-0.39, 0.29) is 5.54 Å². The van der Waals surface area contributed by atoms with Gasteiger partial charge in [-0.1, -0.05) is 13.8 Å². The van der Waals surface area contributed by atoms with Crippen molar-refractivity contribution in [2.45, 2.75) is 57.8 Å². The second kappa shape index (κ2) is 6.53. The van der Waals surface area contributed by atoms with Crippen LogP contribution in [0.2, 0.25) is 0 Å². The molecule has 2 N–H and O–H groups in total. The normalized spacial score (nSPS) is 38.4. The van der Waals surface area contributed by atoms with E-state index in [1.807, 2.05) is 0 Å². The van der Waals surface area contributed by atoms with Gasteiger partial charge in [0.05, 0.1) is 12.2 Å². The molecule has 2 rings (SSSR count). The fraction of sp³-hybridized carbons (Fsp3) is 1.00. The Hall–Kier alpha value is -0.160. The number of nitrogens with zero attached hydrogens (tertiary/aromatic N) is 1. The molecule has 0 spiro atoms. The minimum Gasteiger partial charge on any atom is -0.378 e. The van der Waals surface area contributed by atoms with Gasteiger partial charge in [0.15, 0.2) is 0 Å². The van der Waals surface area contributed by atoms with Crippen molar-refractivity contribution in [1.82, 2.24) is 4.90 Å². The SMILES string of the molecule is CC1CN(C2(CN)CCOC(C(C)C)C2)CCCO1. The maximum atomic E-state index is 6.19. The Morgan fingerprint density at radius 1 is 1.32 bits per heavy atom. The highest BCUT2D eigenvalue weighted by atomic mass is 16.5. The summed E-state index contributed by atoms with van der Waals surface area (Å²) in [5, 5.41) is 0. The van der Waals surface area contributed by atoms with E-state index >= 15 is 0 Å². The van der Waals surface area contributed by atoms with Crippen LogP contribution in [0.25, 0.3) is 0 Å². The number of hydrogen-bond acceptors (Lipinski definition) is 4. The average Bonchev–Trinajstić information content (AvgIpc) is 2.63. The monoisotopic (exact) mass is 270 g/mol. The second-order valence-electron chi connectivity index (χ2n) is 6.52. The van der Waals surface area contributed by atoms with Crippen molar-refractivity contribution >= 4 is 0 Å². The summed E-state index contributed by atoms with van der Waals surface area (Å²) in [6, 6.07) is 0. The fourth-order valence-electron chi connectivity index (χ4n) is 3.39. The quantitative estimate of drug-likeness (QED) is 0.847. The van der Waals surface area contributed by atoms with Crippen molar-refractivity contribution in [2.75, 3.05) is 32.8 Å². The molecule has 0 bridgehead atoms. The lowest BCUT2D eigenvalue weighted by atomic mass is 9.81. The van der Waals surface area contributed by atoms with Crippen LogP contribution in [0, 0.1) is 5.92 Å². The van der Waals surface area contributed by atoms with E-state index in [2.05, 4.69) is 25.7 Å². The van der Waals surface area contributed by atoms with Gasteiger partial charge in [0.1, 0.15) is 0 Å². The van der Waals surface area contributed by atoms with Crippen LogP contribution in [0.5, 0.6) is 0 Å². The first kappa shape index (κ1) is 15.2. The standard InChI is InChI=1S/C15H30N2O2/c1-12(2)14-9-15(11-16,5-8-19-14)17-6-4-7-18-13(3)10-17/h12-14H,4-11,16H2,1-3H3. The first-order valence-electron chi connectivity index (χ1n) is 7.76. The molecule has 2 aliphatic rings. The first-order chi connectivity index (χ1) is 9.07. The van der Waals surface area contributed by atoms with Crippen LogP contribution in [-0.2, 0) is 9.47 Å². The third kappa shape index (κ3) is 3.48. The smallest absolute Gasteiger partial charge is 0.0674 e. The van der Waals surface area contributed by atoms with Crippen LogP contribution in [0.15, 0.2) is 0 Å². The van der Waals surface area contributed by atoms with Crippen molar-refractivity contribution in [3.63, 3.8) is 0 Å². The summed E-state index contributed by atoms with van der Waals surface area (Å²) in [7, 11) is 0. The number of hydrogen-bond donors (Lipinski definition) is 1. The summed E-state index contributed by atoms with van der Waals surface area (Å²) in [5.41, 5.74) is 6.31. The van der Waals surface area contributed by atoms with Crippen molar-refractivity contribution in [2.24, 2.45) is 11.7 Å². The van der Waals surface area contributed by atoms with Crippen LogP contribution in [0.3, 0.4) is 0 Å². The van der Waals surface area contributed by atoms with Crippen LogP contribution in [-0.4, -0.2) is 55.5 Å². The molecule has 0 aromatic heterocycles. The van der Waals surface area contributed by atoms with Crippen molar-refractivity contribution in [3.05, 3.63) is 0 Å². The van der Waals surface area contributed by atoms with Crippen molar-refractivity contribution in [1.29, 1.82) is 0 Å². The molecule has 2 heterocycles. The highest BCUT2D eigenvalue weighted by Crippen LogP contribution is 2.34. The molecule has 0 saturated carbocycles. The van der Waals surface area contributed by atoms with Gasteiger partial charge in [0.25, 0.3) is 0 Å². The van der Waals surface area contributed by atoms with Gasteiger partial charge in [-0.3, -0.25) is 4.90 Å². The Bertz CT molecular complexity index is 285. The lowest BCUT2D eigenvalue weighted by molar-refractivity contribution is -0.0907. The first-order valence-corrected chi connectivity index (χ1v) is 7.76. The van der Waals surface area contributed by atoms with Crippen LogP contribution in [0.4, 0.5) is 0 Å². The Labute approximate surface area is 117 Å². The van der Waals surface area contributed by atoms with E-state index in [0.29, 0.717) is 18.1 Å². The van der Waals surface area contributed by atoms with Gasteiger partial charge >= 0.3 is 0 Å². The Balaban J connectivity index is 2.11. The van der Waals surface area contributed by atoms with Crippen LogP contribution >= 0.6 is 0 Å². The molecule has 3 atom stereocenters. The predicted molar refractivity (Wildman–Crippen MR) is 77.2 cm³/mol. The molecule has 4 nitrogen and oxygen atoms in total. The average molecular weight is 270 g/mol. The van der Waals surface area contributed by atoms with E-state index in [4.69, 9.17) is 15.2 Å². The molecule has 0 aliphatic carbocycles. The topological polar surface area (TPSA) is 47.7 Å². The minimum atomic E-state index is 0.120. The number of nitrogens with two attached hydrogens (primary N) is 1. The van der Waals surface area contributed by atoms with E-state index < -0.39 is 0 Å². The van der Waals surface area contributed by atoms with Gasteiger partial charge in [-0.25, -0.2) is 0 Å². The molecule has 112 valence electrons. The fourth-order valence-corrected chi connectivity index (χ4v) is 3.39. The molecule has 4 heteroatoms. The molecule has 0 aromatic carbocycles. The molecule has 0 aromatic rings. The molecule has 19 heavy (non-hydrogen) atoms. The molecule has 0 amide bonds. The maximum Gasteiger partial charge on any atom is 0.0674 e. The molecular formula is C15H30N2O2. The molecule has 0 radical (unpaired) electrons. The summed E-state index contributed by atoms with van der Waals surface area (Å²) in [6.07, 6.45) is 3.88. The highest BCUT2D eigenvalue weighted by Gasteiger charge is 2.42. The largest absolute Gasteiger partial charge is 0.378 e. The lowest BCUT2D eigenvalue weighted by Crippen LogP contribution is -2.60. The second-order valence-corrected chi connectivity index (χ2v) is 6.52. The summed E-state index contributed by atoms with van der Waals surface area (Å²) in [5.74, 6) is 0.562. The van der Waals surface area contributed by atoms with Crippen LogP contribution in [0.1, 0.15) is 40.0 Å². The zero-order valence-electron chi connectivity index (χ0n) is 12.7. The Morgan fingerprint density at radius 3 is 2.79 bits per heavy atom. The van der Waals surface area contributed by atoms with E-state index in [9.17, 15) is 0 Å². The molecular weight excluding hydrogens is 240 g/mol. The van der Waals surface area contributed by atoms with E-state index in [1.165, 1.54) is 0 Å². The molecule has 2 fully saturated rings. The van der Waals surface area contributed by atoms with E-state index in [1.54, 1.807) is 0 Å². The van der Waals surface area contributed by atoms with E-state index in [0.717, 1.165) is 52.1 Å². The Kier molecular flexibility index (Phi) is 5.23. The Morgan fingerprint density at radius 2 is 2.11 bits per heavy atom. The highest BCUT2D eigenvalue weighted by molar-refractivity contribution is 4.98. The van der Waals surface area contributed by atoms with Crippen LogP contribution < -0.4 is 5.73 Å². The summed E-state index contributed by atoms with van der Waals surface area (Å²) >= 11 is 0. The maximum absolute atomic E-state index is 6.19. The number of ether oxygens (including phenoxy) is 2. The van der Waals surface area contributed by atoms with Gasteiger partial charge in [-0.15, -0.1) is 0 Å². The lowest BCUT2D eigenvalue weighted by Gasteiger charge is -2.49. The van der Waals surface area contributed by atoms with Gasteiger partial charge in [0, 0.05) is 38.4 Å². The summed E-state index contributed by atoms with van der Waals surface area (Å²) in [4.78, 5) is 2.59.